The number of nitro groups is 1. The van der Waals surface area contributed by atoms with Crippen LogP contribution in [0.25, 0.3) is 0 Å². The fourth-order valence-corrected chi connectivity index (χ4v) is 2.57. The summed E-state index contributed by atoms with van der Waals surface area (Å²) in [4.78, 5) is 12.5. The third kappa shape index (κ3) is 3.24. The van der Waals surface area contributed by atoms with Crippen LogP contribution in [-0.4, -0.2) is 52.8 Å². The normalized spacial score (nSPS) is 17.9. The topological polar surface area (TPSA) is 98.9 Å². The highest BCUT2D eigenvalue weighted by molar-refractivity contribution is 5.44. The van der Waals surface area contributed by atoms with Crippen molar-refractivity contribution in [3.05, 3.63) is 33.9 Å². The highest BCUT2D eigenvalue weighted by Crippen LogP contribution is 2.34. The van der Waals surface area contributed by atoms with Gasteiger partial charge in [-0.05, 0) is 12.5 Å². The van der Waals surface area contributed by atoms with Crippen molar-refractivity contribution in [2.45, 2.75) is 12.5 Å². The first-order valence-corrected chi connectivity index (χ1v) is 6.66. The van der Waals surface area contributed by atoms with Gasteiger partial charge in [0.1, 0.15) is 5.75 Å². The molecule has 1 heterocycles. The summed E-state index contributed by atoms with van der Waals surface area (Å²) in [7, 11) is 0. The molecule has 0 amide bonds. The number of non-ortho nitro benzene ring substituents is 1. The molecule has 7 heteroatoms. The minimum absolute atomic E-state index is 0.0310. The predicted molar refractivity (Wildman–Crippen MR) is 73.6 cm³/mol. The molecule has 1 aliphatic heterocycles. The Bertz CT molecular complexity index is 475. The number of aromatic hydroxyl groups is 1. The maximum absolute atomic E-state index is 10.9. The number of nitrogens with one attached hydrogen (secondary N) is 1. The number of nitro benzene ring substituents is 1. The molecule has 1 fully saturated rings. The van der Waals surface area contributed by atoms with Gasteiger partial charge >= 0.3 is 0 Å². The SMILES string of the molecule is O=[N+]([O-])c1ccc(O)c([C@H](CCO)N2CCNCC2)c1. The second-order valence-corrected chi connectivity index (χ2v) is 4.81. The van der Waals surface area contributed by atoms with Gasteiger partial charge in [-0.1, -0.05) is 0 Å². The van der Waals surface area contributed by atoms with Gasteiger partial charge in [-0.25, -0.2) is 0 Å². The molecule has 0 bridgehead atoms. The standard InChI is InChI=1S/C13H19N3O4/c17-8-3-12(15-6-4-14-5-7-15)11-9-10(16(19)20)1-2-13(11)18/h1-2,9,12,14,17-18H,3-8H2/t12-/m0/s1. The number of aliphatic hydroxyl groups is 1. The van der Waals surface area contributed by atoms with Gasteiger partial charge in [-0.3, -0.25) is 15.0 Å². The van der Waals surface area contributed by atoms with E-state index in [-0.39, 0.29) is 24.1 Å². The number of piperazine rings is 1. The molecule has 0 unspecified atom stereocenters. The van der Waals surface area contributed by atoms with Crippen LogP contribution in [0.15, 0.2) is 18.2 Å². The maximum atomic E-state index is 10.9. The van der Waals surface area contributed by atoms with E-state index in [1.54, 1.807) is 0 Å². The minimum atomic E-state index is -0.475. The van der Waals surface area contributed by atoms with Gasteiger partial charge in [0.2, 0.25) is 0 Å². The molecule has 0 radical (unpaired) electrons. The average Bonchev–Trinajstić information content (AvgIpc) is 2.46. The van der Waals surface area contributed by atoms with Crippen LogP contribution in [0.5, 0.6) is 5.75 Å². The van der Waals surface area contributed by atoms with Crippen molar-refractivity contribution in [3.8, 4) is 5.75 Å². The van der Waals surface area contributed by atoms with Gasteiger partial charge < -0.3 is 15.5 Å². The summed E-state index contributed by atoms with van der Waals surface area (Å²) in [5, 5.41) is 33.3. The molecule has 3 N–H and O–H groups in total. The van der Waals surface area contributed by atoms with E-state index in [2.05, 4.69) is 10.2 Å². The van der Waals surface area contributed by atoms with Gasteiger partial charge in [0, 0.05) is 56.5 Å². The van der Waals surface area contributed by atoms with Crippen molar-refractivity contribution in [1.82, 2.24) is 10.2 Å². The Hall–Kier alpha value is -1.70. The van der Waals surface area contributed by atoms with Crippen molar-refractivity contribution in [2.24, 2.45) is 0 Å². The quantitative estimate of drug-likeness (QED) is 0.541. The van der Waals surface area contributed by atoms with Gasteiger partial charge in [0.05, 0.1) is 4.92 Å². The van der Waals surface area contributed by atoms with Crippen molar-refractivity contribution in [3.63, 3.8) is 0 Å². The number of aliphatic hydroxyl groups excluding tert-OH is 1. The first-order valence-electron chi connectivity index (χ1n) is 6.66. The molecular formula is C13H19N3O4. The zero-order valence-electron chi connectivity index (χ0n) is 11.2. The summed E-state index contributed by atoms with van der Waals surface area (Å²) in [6.07, 6.45) is 0.439. The first-order chi connectivity index (χ1) is 9.63. The lowest BCUT2D eigenvalue weighted by atomic mass is 9.99. The van der Waals surface area contributed by atoms with Crippen LogP contribution >= 0.6 is 0 Å². The summed E-state index contributed by atoms with van der Waals surface area (Å²) >= 11 is 0. The predicted octanol–water partition coefficient (Wildman–Crippen LogP) is 0.629. The Balaban J connectivity index is 2.31. The van der Waals surface area contributed by atoms with Gasteiger partial charge in [0.15, 0.2) is 0 Å². The van der Waals surface area contributed by atoms with Crippen LogP contribution in [0.3, 0.4) is 0 Å². The highest BCUT2D eigenvalue weighted by Gasteiger charge is 2.25. The summed E-state index contributed by atoms with van der Waals surface area (Å²) in [5.74, 6) is 0.0348. The van der Waals surface area contributed by atoms with E-state index < -0.39 is 4.92 Å². The lowest BCUT2D eigenvalue weighted by Crippen LogP contribution is -2.45. The Morgan fingerprint density at radius 1 is 1.40 bits per heavy atom. The van der Waals surface area contributed by atoms with Crippen molar-refractivity contribution in [2.75, 3.05) is 32.8 Å². The first kappa shape index (κ1) is 14.7. The fourth-order valence-electron chi connectivity index (χ4n) is 2.57. The van der Waals surface area contributed by atoms with E-state index in [0.717, 1.165) is 26.2 Å². The van der Waals surface area contributed by atoms with E-state index in [0.29, 0.717) is 12.0 Å². The van der Waals surface area contributed by atoms with E-state index in [1.807, 2.05) is 0 Å². The van der Waals surface area contributed by atoms with Crippen LogP contribution < -0.4 is 5.32 Å². The molecule has 0 aromatic heterocycles. The molecule has 0 aliphatic carbocycles. The number of hydrogen-bond acceptors (Lipinski definition) is 6. The van der Waals surface area contributed by atoms with Gasteiger partial charge in [-0.15, -0.1) is 0 Å². The van der Waals surface area contributed by atoms with E-state index >= 15 is 0 Å². The maximum Gasteiger partial charge on any atom is 0.270 e. The third-order valence-corrected chi connectivity index (χ3v) is 3.58. The lowest BCUT2D eigenvalue weighted by Gasteiger charge is -2.35. The average molecular weight is 281 g/mol. The lowest BCUT2D eigenvalue weighted by molar-refractivity contribution is -0.385. The van der Waals surface area contributed by atoms with Crippen LogP contribution in [0, 0.1) is 10.1 Å². The zero-order valence-corrected chi connectivity index (χ0v) is 11.2. The number of benzene rings is 1. The Morgan fingerprint density at radius 2 is 2.10 bits per heavy atom. The second kappa shape index (κ2) is 6.65. The second-order valence-electron chi connectivity index (χ2n) is 4.81. The molecule has 1 aliphatic rings. The fraction of sp³-hybridized carbons (Fsp3) is 0.538. The van der Waals surface area contributed by atoms with E-state index in [1.165, 1.54) is 18.2 Å². The molecule has 1 saturated heterocycles. The van der Waals surface area contributed by atoms with Crippen molar-refractivity contribution in [1.29, 1.82) is 0 Å². The summed E-state index contributed by atoms with van der Waals surface area (Å²) < 4.78 is 0. The van der Waals surface area contributed by atoms with Crippen LogP contribution in [0.1, 0.15) is 18.0 Å². The number of rotatable bonds is 5. The third-order valence-electron chi connectivity index (χ3n) is 3.58. The molecule has 1 aromatic rings. The molecule has 1 aromatic carbocycles. The van der Waals surface area contributed by atoms with Crippen molar-refractivity contribution >= 4 is 5.69 Å². The molecular weight excluding hydrogens is 262 g/mol. The number of nitrogens with zero attached hydrogens (tertiary/aromatic N) is 2. The van der Waals surface area contributed by atoms with Gasteiger partial charge in [-0.2, -0.15) is 0 Å². The van der Waals surface area contributed by atoms with Crippen LogP contribution in [0.2, 0.25) is 0 Å². The largest absolute Gasteiger partial charge is 0.508 e. The molecule has 1 atom stereocenters. The van der Waals surface area contributed by atoms with Gasteiger partial charge in [0.25, 0.3) is 5.69 Å². The Labute approximate surface area is 117 Å². The highest BCUT2D eigenvalue weighted by atomic mass is 16.6. The molecule has 20 heavy (non-hydrogen) atoms. The van der Waals surface area contributed by atoms with E-state index in [4.69, 9.17) is 0 Å². The van der Waals surface area contributed by atoms with Crippen molar-refractivity contribution < 1.29 is 15.1 Å². The summed E-state index contributed by atoms with van der Waals surface area (Å²) in [5.41, 5.74) is 0.464. The Kier molecular flexibility index (Phi) is 4.89. The zero-order chi connectivity index (χ0) is 14.5. The molecule has 2 rings (SSSR count). The number of hydrogen-bond donors (Lipinski definition) is 3. The minimum Gasteiger partial charge on any atom is -0.508 e. The number of phenols is 1. The van der Waals surface area contributed by atoms with E-state index in [9.17, 15) is 20.3 Å². The smallest absolute Gasteiger partial charge is 0.270 e. The Morgan fingerprint density at radius 3 is 2.70 bits per heavy atom. The molecule has 0 spiro atoms. The number of phenolic OH excluding ortho intramolecular Hbond substituents is 1. The van der Waals surface area contributed by atoms with Crippen LogP contribution in [0.4, 0.5) is 5.69 Å². The van der Waals surface area contributed by atoms with Crippen LogP contribution in [-0.2, 0) is 0 Å². The summed E-state index contributed by atoms with van der Waals surface area (Å²) in [6, 6.07) is 3.83. The molecule has 7 nitrogen and oxygen atoms in total. The molecule has 0 saturated carbocycles. The monoisotopic (exact) mass is 281 g/mol. The molecule has 110 valence electrons. The summed E-state index contributed by atoms with van der Waals surface area (Å²) in [6.45, 7) is 3.20.